The smallest absolute Gasteiger partial charge is 0.224 e. The molecule has 0 saturated carbocycles. The molecule has 0 radical (unpaired) electrons. The van der Waals surface area contributed by atoms with Crippen LogP contribution in [0.4, 0.5) is 0 Å². The quantitative estimate of drug-likeness (QED) is 0.699. The Hall–Kier alpha value is -2.67. The zero-order valence-corrected chi connectivity index (χ0v) is 19.5. The highest BCUT2D eigenvalue weighted by Crippen LogP contribution is 2.29. The molecule has 7 heteroatoms. The molecule has 3 rings (SSSR count). The molecule has 1 aliphatic rings. The van der Waals surface area contributed by atoms with E-state index in [4.69, 9.17) is 19.4 Å². The van der Waals surface area contributed by atoms with Crippen LogP contribution in [0, 0.1) is 13.8 Å². The van der Waals surface area contributed by atoms with Crippen LogP contribution in [0.5, 0.6) is 11.5 Å². The molecule has 168 valence electrons. The number of benzene rings is 1. The fourth-order valence-electron chi connectivity index (χ4n) is 4.14. The molecule has 1 fully saturated rings. The van der Waals surface area contributed by atoms with Crippen LogP contribution in [0.3, 0.4) is 0 Å². The Morgan fingerprint density at radius 2 is 1.74 bits per heavy atom. The summed E-state index contributed by atoms with van der Waals surface area (Å²) in [5.41, 5.74) is 3.90. The van der Waals surface area contributed by atoms with E-state index >= 15 is 0 Å². The van der Waals surface area contributed by atoms with Crippen LogP contribution in [0.1, 0.15) is 54.5 Å². The maximum atomic E-state index is 12.2. The third-order valence-corrected chi connectivity index (χ3v) is 5.68. The highest BCUT2D eigenvalue weighted by molar-refractivity contribution is 5.79. The van der Waals surface area contributed by atoms with Crippen LogP contribution >= 0.6 is 0 Å². The van der Waals surface area contributed by atoms with Gasteiger partial charge in [0.15, 0.2) is 0 Å². The summed E-state index contributed by atoms with van der Waals surface area (Å²) >= 11 is 0. The number of carbonyl (C=O) groups excluding carboxylic acids is 1. The first-order valence-electron chi connectivity index (χ1n) is 10.9. The first-order valence-corrected chi connectivity index (χ1v) is 10.9. The highest BCUT2D eigenvalue weighted by Gasteiger charge is 2.27. The number of aryl methyl sites for hydroxylation is 2. The van der Waals surface area contributed by atoms with Gasteiger partial charge in [-0.25, -0.2) is 9.97 Å². The molecular weight excluding hydrogens is 392 g/mol. The predicted molar refractivity (Wildman–Crippen MR) is 121 cm³/mol. The van der Waals surface area contributed by atoms with E-state index in [0.29, 0.717) is 12.3 Å². The minimum Gasteiger partial charge on any atom is -0.497 e. The molecule has 1 atom stereocenters. The summed E-state index contributed by atoms with van der Waals surface area (Å²) in [6.45, 7) is 10.6. The van der Waals surface area contributed by atoms with E-state index < -0.39 is 0 Å². The third kappa shape index (κ3) is 5.94. The second kappa shape index (κ2) is 10.1. The molecule has 7 nitrogen and oxygen atoms in total. The number of amides is 1. The van der Waals surface area contributed by atoms with Gasteiger partial charge in [0.2, 0.25) is 5.91 Å². The number of rotatable bonds is 8. The largest absolute Gasteiger partial charge is 0.497 e. The van der Waals surface area contributed by atoms with Gasteiger partial charge in [0, 0.05) is 48.1 Å². The zero-order valence-electron chi connectivity index (χ0n) is 19.5. The van der Waals surface area contributed by atoms with Gasteiger partial charge in [0.05, 0.1) is 20.6 Å². The summed E-state index contributed by atoms with van der Waals surface area (Å²) in [6.07, 6.45) is 1.34. The van der Waals surface area contributed by atoms with Crippen molar-refractivity contribution in [1.29, 1.82) is 0 Å². The van der Waals surface area contributed by atoms with Crippen molar-refractivity contribution < 1.29 is 14.3 Å². The van der Waals surface area contributed by atoms with Crippen molar-refractivity contribution in [3.63, 3.8) is 0 Å². The third-order valence-electron chi connectivity index (χ3n) is 5.68. The number of nitrogens with zero attached hydrogens (tertiary/aromatic N) is 3. The zero-order chi connectivity index (χ0) is 22.5. The fraction of sp³-hybridized carbons (Fsp3) is 0.542. The molecule has 2 aromatic rings. The predicted octanol–water partition coefficient (Wildman–Crippen LogP) is 3.17. The maximum Gasteiger partial charge on any atom is 0.224 e. The lowest BCUT2D eigenvalue weighted by Crippen LogP contribution is -2.32. The molecule has 1 aromatic carbocycles. The van der Waals surface area contributed by atoms with Crippen LogP contribution < -0.4 is 14.8 Å². The van der Waals surface area contributed by atoms with E-state index in [1.165, 1.54) is 0 Å². The monoisotopic (exact) mass is 426 g/mol. The number of nitrogens with one attached hydrogen (secondary N) is 1. The molecule has 0 aliphatic carbocycles. The summed E-state index contributed by atoms with van der Waals surface area (Å²) in [5.74, 6) is 2.80. The Kier molecular flexibility index (Phi) is 7.49. The lowest BCUT2D eigenvalue weighted by Gasteiger charge is -2.18. The van der Waals surface area contributed by atoms with Crippen LogP contribution in [0.25, 0.3) is 0 Å². The first kappa shape index (κ1) is 23.0. The van der Waals surface area contributed by atoms with E-state index in [1.54, 1.807) is 14.2 Å². The molecule has 1 aromatic heterocycles. The molecule has 1 amide bonds. The van der Waals surface area contributed by atoms with Crippen LogP contribution in [0.15, 0.2) is 18.2 Å². The second-order valence-corrected chi connectivity index (χ2v) is 8.57. The molecule has 1 aliphatic heterocycles. The van der Waals surface area contributed by atoms with Crippen molar-refractivity contribution >= 4 is 5.91 Å². The van der Waals surface area contributed by atoms with Crippen molar-refractivity contribution in [3.8, 4) is 11.5 Å². The minimum absolute atomic E-state index is 0.0123. The summed E-state index contributed by atoms with van der Waals surface area (Å²) in [6, 6.07) is 6.12. The van der Waals surface area contributed by atoms with Crippen molar-refractivity contribution in [2.24, 2.45) is 0 Å². The van der Waals surface area contributed by atoms with Gasteiger partial charge in [0.25, 0.3) is 0 Å². The second-order valence-electron chi connectivity index (χ2n) is 8.57. The highest BCUT2D eigenvalue weighted by atomic mass is 16.5. The Morgan fingerprint density at radius 1 is 1.13 bits per heavy atom. The molecule has 1 saturated heterocycles. The van der Waals surface area contributed by atoms with Gasteiger partial charge in [-0.1, -0.05) is 0 Å². The topological polar surface area (TPSA) is 76.6 Å². The van der Waals surface area contributed by atoms with Crippen LogP contribution in [-0.4, -0.2) is 54.1 Å². The summed E-state index contributed by atoms with van der Waals surface area (Å²) < 4.78 is 10.8. The molecule has 2 heterocycles. The van der Waals surface area contributed by atoms with Crippen LogP contribution in [-0.2, 0) is 17.8 Å². The summed E-state index contributed by atoms with van der Waals surface area (Å²) in [5, 5.41) is 2.94. The van der Waals surface area contributed by atoms with Gasteiger partial charge >= 0.3 is 0 Å². The summed E-state index contributed by atoms with van der Waals surface area (Å²) in [4.78, 5) is 24.2. The number of methoxy groups -OCH3 is 2. The number of aromatic nitrogens is 2. The van der Waals surface area contributed by atoms with E-state index in [9.17, 15) is 4.79 Å². The minimum atomic E-state index is 0.0123. The normalized spacial score (nSPS) is 16.5. The van der Waals surface area contributed by atoms with Crippen molar-refractivity contribution in [2.45, 2.75) is 59.0 Å². The van der Waals surface area contributed by atoms with Crippen LogP contribution in [0.2, 0.25) is 0 Å². The van der Waals surface area contributed by atoms with Gasteiger partial charge in [0.1, 0.15) is 17.3 Å². The SMILES string of the molecule is COc1cc(CN2CC[C@H](c3nc(C)c(CC(=O)NC(C)C)c(C)n3)C2)cc(OC)c1. The Bertz CT molecular complexity index is 884. The van der Waals surface area contributed by atoms with E-state index in [2.05, 4.69) is 22.3 Å². The molecule has 31 heavy (non-hydrogen) atoms. The molecule has 0 spiro atoms. The van der Waals surface area contributed by atoms with Crippen molar-refractivity contribution in [2.75, 3.05) is 27.3 Å². The van der Waals surface area contributed by atoms with Gasteiger partial charge in [-0.2, -0.15) is 0 Å². The summed E-state index contributed by atoms with van der Waals surface area (Å²) in [7, 11) is 3.34. The number of hydrogen-bond acceptors (Lipinski definition) is 6. The maximum absolute atomic E-state index is 12.2. The average Bonchev–Trinajstić information content (AvgIpc) is 3.18. The standard InChI is InChI=1S/C24H34N4O3/c1-15(2)25-23(29)12-22-16(3)26-24(27-17(22)4)19-7-8-28(14-19)13-18-9-20(30-5)11-21(10-18)31-6/h9-11,15,19H,7-8,12-14H2,1-6H3,(H,25,29)/t19-/m0/s1. The Morgan fingerprint density at radius 3 is 2.29 bits per heavy atom. The Balaban J connectivity index is 1.68. The number of ether oxygens (including phenoxy) is 2. The molecule has 0 unspecified atom stereocenters. The molecule has 1 N–H and O–H groups in total. The van der Waals surface area contributed by atoms with E-state index in [-0.39, 0.29) is 11.9 Å². The molecular formula is C24H34N4O3. The Labute approximate surface area is 185 Å². The lowest BCUT2D eigenvalue weighted by molar-refractivity contribution is -0.120. The average molecular weight is 427 g/mol. The number of likely N-dealkylation sites (tertiary alicyclic amines) is 1. The van der Waals surface area contributed by atoms with Gasteiger partial charge in [-0.05, 0) is 58.4 Å². The molecule has 0 bridgehead atoms. The number of hydrogen-bond donors (Lipinski definition) is 1. The van der Waals surface area contributed by atoms with Crippen molar-refractivity contribution in [3.05, 3.63) is 46.5 Å². The lowest BCUT2D eigenvalue weighted by atomic mass is 10.0. The van der Waals surface area contributed by atoms with Gasteiger partial charge < -0.3 is 14.8 Å². The van der Waals surface area contributed by atoms with Gasteiger partial charge in [-0.3, -0.25) is 9.69 Å². The number of carbonyl (C=O) groups is 1. The van der Waals surface area contributed by atoms with E-state index in [0.717, 1.165) is 65.9 Å². The van der Waals surface area contributed by atoms with E-state index in [1.807, 2.05) is 33.8 Å². The fourth-order valence-corrected chi connectivity index (χ4v) is 4.14. The van der Waals surface area contributed by atoms with Gasteiger partial charge in [-0.15, -0.1) is 0 Å². The van der Waals surface area contributed by atoms with Crippen molar-refractivity contribution in [1.82, 2.24) is 20.2 Å². The first-order chi connectivity index (χ1) is 14.8.